The lowest BCUT2D eigenvalue weighted by atomic mass is 9.85. The molecule has 0 bridgehead atoms. The van der Waals surface area contributed by atoms with Gasteiger partial charge in [-0.2, -0.15) is 0 Å². The zero-order valence-corrected chi connectivity index (χ0v) is 25.4. The van der Waals surface area contributed by atoms with E-state index in [0.29, 0.717) is 19.6 Å². The number of nitrogens with one attached hydrogen (secondary N) is 1. The van der Waals surface area contributed by atoms with E-state index in [-0.39, 0.29) is 23.7 Å². The number of anilines is 3. The predicted octanol–water partition coefficient (Wildman–Crippen LogP) is 5.81. The number of rotatable bonds is 11. The largest absolute Gasteiger partial charge is 0.368 e. The van der Waals surface area contributed by atoms with Crippen LogP contribution in [0.25, 0.3) is 11.1 Å². The van der Waals surface area contributed by atoms with Crippen LogP contribution in [0.15, 0.2) is 66.7 Å². The van der Waals surface area contributed by atoms with Crippen molar-refractivity contribution in [1.82, 2.24) is 4.90 Å². The molecule has 226 valence electrons. The number of para-hydroxylation sites is 1. The van der Waals surface area contributed by atoms with E-state index in [1.807, 2.05) is 4.90 Å². The van der Waals surface area contributed by atoms with E-state index in [9.17, 15) is 9.59 Å². The number of piperazine rings is 1. The first-order valence-electron chi connectivity index (χ1n) is 16.1. The second-order valence-electron chi connectivity index (χ2n) is 12.5. The Morgan fingerprint density at radius 1 is 0.837 bits per heavy atom. The highest BCUT2D eigenvalue weighted by atomic mass is 16.2. The zero-order chi connectivity index (χ0) is 29.8. The summed E-state index contributed by atoms with van der Waals surface area (Å²) >= 11 is 0. The highest BCUT2D eigenvalue weighted by Crippen LogP contribution is 2.36. The summed E-state index contributed by atoms with van der Waals surface area (Å²) in [4.78, 5) is 32.9. The van der Waals surface area contributed by atoms with E-state index in [2.05, 4.69) is 88.8 Å². The summed E-state index contributed by atoms with van der Waals surface area (Å²) in [5.74, 6) is 0.688. The molecule has 43 heavy (non-hydrogen) atoms. The molecule has 2 saturated carbocycles. The molecule has 0 spiro atoms. The predicted molar refractivity (Wildman–Crippen MR) is 175 cm³/mol. The van der Waals surface area contributed by atoms with Crippen molar-refractivity contribution in [2.24, 2.45) is 17.6 Å². The fourth-order valence-electron chi connectivity index (χ4n) is 6.31. The van der Waals surface area contributed by atoms with Gasteiger partial charge in [-0.15, -0.1) is 0 Å². The molecule has 2 amide bonds. The number of hydrogen-bond acceptors (Lipinski definition) is 5. The van der Waals surface area contributed by atoms with Crippen LogP contribution in [0.4, 0.5) is 17.1 Å². The lowest BCUT2D eigenvalue weighted by molar-refractivity contribution is -0.133. The summed E-state index contributed by atoms with van der Waals surface area (Å²) in [6.07, 6.45) is 5.88. The van der Waals surface area contributed by atoms with E-state index in [4.69, 9.17) is 5.73 Å². The second-order valence-corrected chi connectivity index (χ2v) is 12.5. The fraction of sp³-hybridized carbons (Fsp3) is 0.444. The standard InChI is InChI=1S/C36H45N5O2/c1-26-7-2-3-12-33(26)39-19-21-40(22-20-39)34-16-15-31(24-32(34)38-35(42)28-9-5-10-28)30-11-4-8-27(23-30)25-41(18-6-17-37)36(43)29-13-14-29/h2-4,7-8,11-12,15-16,23-24,28-29H,5-6,9-10,13-14,17-22,25,37H2,1H3,(H,38,42). The Hall–Kier alpha value is -3.84. The molecule has 0 radical (unpaired) electrons. The van der Waals surface area contributed by atoms with Crippen molar-refractivity contribution in [2.75, 3.05) is 54.4 Å². The fourth-order valence-corrected chi connectivity index (χ4v) is 6.31. The third kappa shape index (κ3) is 6.88. The molecule has 3 aliphatic rings. The highest BCUT2D eigenvalue weighted by Gasteiger charge is 2.33. The molecule has 3 aromatic carbocycles. The van der Waals surface area contributed by atoms with Gasteiger partial charge in [0.2, 0.25) is 11.8 Å². The molecule has 7 heteroatoms. The molecule has 1 heterocycles. The minimum atomic E-state index is 0.112. The van der Waals surface area contributed by atoms with Crippen LogP contribution in [0.5, 0.6) is 0 Å². The normalized spacial score (nSPS) is 17.0. The molecular weight excluding hydrogens is 534 g/mol. The van der Waals surface area contributed by atoms with Crippen LogP contribution in [0, 0.1) is 18.8 Å². The molecular formula is C36H45N5O2. The van der Waals surface area contributed by atoms with Crippen LogP contribution in [0.1, 0.15) is 49.7 Å². The topological polar surface area (TPSA) is 81.9 Å². The smallest absolute Gasteiger partial charge is 0.227 e. The zero-order valence-electron chi connectivity index (χ0n) is 25.4. The molecule has 1 aliphatic heterocycles. The number of carbonyl (C=O) groups excluding carboxylic acids is 2. The quantitative estimate of drug-likeness (QED) is 0.300. The Morgan fingerprint density at radius 3 is 2.23 bits per heavy atom. The van der Waals surface area contributed by atoms with Crippen molar-refractivity contribution < 1.29 is 9.59 Å². The van der Waals surface area contributed by atoms with Crippen molar-refractivity contribution in [3.63, 3.8) is 0 Å². The molecule has 3 N–H and O–H groups in total. The number of aryl methyl sites for hydroxylation is 1. The first-order chi connectivity index (χ1) is 21.0. The lowest BCUT2D eigenvalue weighted by Crippen LogP contribution is -2.47. The first kappa shape index (κ1) is 29.2. The lowest BCUT2D eigenvalue weighted by Gasteiger charge is -2.39. The number of carbonyl (C=O) groups is 2. The Bertz CT molecular complexity index is 1440. The minimum absolute atomic E-state index is 0.112. The third-order valence-corrected chi connectivity index (χ3v) is 9.31. The molecule has 6 rings (SSSR count). The molecule has 3 fully saturated rings. The molecule has 1 saturated heterocycles. The van der Waals surface area contributed by atoms with Gasteiger partial charge in [0, 0.05) is 56.8 Å². The van der Waals surface area contributed by atoms with Crippen LogP contribution in [-0.4, -0.2) is 56.0 Å². The maximum absolute atomic E-state index is 13.2. The van der Waals surface area contributed by atoms with Crippen molar-refractivity contribution in [3.05, 3.63) is 77.9 Å². The number of nitrogens with zero attached hydrogens (tertiary/aromatic N) is 3. The van der Waals surface area contributed by atoms with E-state index >= 15 is 0 Å². The van der Waals surface area contributed by atoms with Crippen molar-refractivity contribution in [1.29, 1.82) is 0 Å². The summed E-state index contributed by atoms with van der Waals surface area (Å²) in [5.41, 5.74) is 13.6. The van der Waals surface area contributed by atoms with Gasteiger partial charge in [-0.1, -0.05) is 48.9 Å². The van der Waals surface area contributed by atoms with Gasteiger partial charge in [0.1, 0.15) is 0 Å². The highest BCUT2D eigenvalue weighted by molar-refractivity contribution is 5.97. The number of benzene rings is 3. The van der Waals surface area contributed by atoms with Gasteiger partial charge in [0.25, 0.3) is 0 Å². The minimum Gasteiger partial charge on any atom is -0.368 e. The molecule has 0 aromatic heterocycles. The average Bonchev–Trinajstić information content (AvgIpc) is 3.84. The van der Waals surface area contributed by atoms with Gasteiger partial charge in [0.15, 0.2) is 0 Å². The van der Waals surface area contributed by atoms with E-state index in [0.717, 1.165) is 92.8 Å². The van der Waals surface area contributed by atoms with Gasteiger partial charge < -0.3 is 25.8 Å². The molecule has 7 nitrogen and oxygen atoms in total. The number of hydrogen-bond donors (Lipinski definition) is 2. The molecule has 0 unspecified atom stereocenters. The SMILES string of the molecule is Cc1ccccc1N1CCN(c2ccc(-c3cccc(CN(CCCN)C(=O)C4CC4)c3)cc2NC(=O)C2CCC2)CC1. The van der Waals surface area contributed by atoms with Crippen LogP contribution < -0.4 is 20.9 Å². The maximum atomic E-state index is 13.2. The van der Waals surface area contributed by atoms with Crippen molar-refractivity contribution >= 4 is 28.9 Å². The average molecular weight is 580 g/mol. The molecule has 2 aliphatic carbocycles. The Kier molecular flexibility index (Phi) is 8.98. The number of nitrogens with two attached hydrogens (primary N) is 1. The van der Waals surface area contributed by atoms with Gasteiger partial charge in [-0.3, -0.25) is 9.59 Å². The Morgan fingerprint density at radius 2 is 1.56 bits per heavy atom. The number of amides is 2. The Balaban J connectivity index is 1.22. The van der Waals surface area contributed by atoms with E-state index < -0.39 is 0 Å². The van der Waals surface area contributed by atoms with Crippen LogP contribution in [0.2, 0.25) is 0 Å². The molecule has 0 atom stereocenters. The van der Waals surface area contributed by atoms with Crippen molar-refractivity contribution in [3.8, 4) is 11.1 Å². The van der Waals surface area contributed by atoms with Crippen LogP contribution in [-0.2, 0) is 16.1 Å². The van der Waals surface area contributed by atoms with Gasteiger partial charge in [-0.25, -0.2) is 0 Å². The van der Waals surface area contributed by atoms with Crippen LogP contribution >= 0.6 is 0 Å². The Labute approximate surface area is 256 Å². The summed E-state index contributed by atoms with van der Waals surface area (Å²) in [7, 11) is 0. The monoisotopic (exact) mass is 579 g/mol. The summed E-state index contributed by atoms with van der Waals surface area (Å²) in [6.45, 7) is 7.70. The third-order valence-electron chi connectivity index (χ3n) is 9.31. The summed E-state index contributed by atoms with van der Waals surface area (Å²) in [5, 5.41) is 3.32. The molecule has 3 aromatic rings. The summed E-state index contributed by atoms with van der Waals surface area (Å²) < 4.78 is 0. The van der Waals surface area contributed by atoms with Gasteiger partial charge in [-0.05, 0) is 92.1 Å². The van der Waals surface area contributed by atoms with E-state index in [1.54, 1.807) is 0 Å². The maximum Gasteiger partial charge on any atom is 0.227 e. The first-order valence-corrected chi connectivity index (χ1v) is 16.1. The van der Waals surface area contributed by atoms with E-state index in [1.165, 1.54) is 11.3 Å². The second kappa shape index (κ2) is 13.2. The van der Waals surface area contributed by atoms with Crippen LogP contribution in [0.3, 0.4) is 0 Å². The summed E-state index contributed by atoms with van der Waals surface area (Å²) in [6, 6.07) is 23.5. The van der Waals surface area contributed by atoms with Gasteiger partial charge in [0.05, 0.1) is 11.4 Å². The van der Waals surface area contributed by atoms with Gasteiger partial charge >= 0.3 is 0 Å². The van der Waals surface area contributed by atoms with Crippen molar-refractivity contribution in [2.45, 2.75) is 52.0 Å².